The number of carbonyl (C=O) groups is 1. The fourth-order valence-electron chi connectivity index (χ4n) is 3.05. The minimum atomic E-state index is -0.0175. The highest BCUT2D eigenvalue weighted by atomic mass is 16.5. The highest BCUT2D eigenvalue weighted by molar-refractivity contribution is 5.85. The van der Waals surface area contributed by atoms with E-state index in [-0.39, 0.29) is 5.91 Å². The van der Waals surface area contributed by atoms with Gasteiger partial charge in [-0.1, -0.05) is 83.3 Å². The van der Waals surface area contributed by atoms with Crippen LogP contribution in [0.3, 0.4) is 0 Å². The van der Waals surface area contributed by atoms with Crippen LogP contribution in [0.5, 0.6) is 5.75 Å². The van der Waals surface area contributed by atoms with Crippen molar-refractivity contribution in [3.63, 3.8) is 0 Å². The molecule has 27 heavy (non-hydrogen) atoms. The van der Waals surface area contributed by atoms with E-state index in [1.165, 1.54) is 57.8 Å². The summed E-state index contributed by atoms with van der Waals surface area (Å²) >= 11 is 0. The molecule has 0 aromatic heterocycles. The van der Waals surface area contributed by atoms with Crippen LogP contribution in [0.2, 0.25) is 0 Å². The van der Waals surface area contributed by atoms with Crippen molar-refractivity contribution in [2.24, 2.45) is 5.10 Å². The topological polar surface area (TPSA) is 50.7 Å². The van der Waals surface area contributed by atoms with Gasteiger partial charge in [-0.15, -0.1) is 0 Å². The van der Waals surface area contributed by atoms with Crippen LogP contribution in [0.1, 0.15) is 96.5 Å². The van der Waals surface area contributed by atoms with Crippen LogP contribution in [-0.2, 0) is 4.79 Å². The number of unbranched alkanes of at least 4 members (excludes halogenated alkanes) is 10. The average Bonchev–Trinajstić information content (AvgIpc) is 2.67. The Bertz CT molecular complexity index is 529. The first-order valence-electron chi connectivity index (χ1n) is 10.8. The number of nitrogens with one attached hydrogen (secondary N) is 1. The van der Waals surface area contributed by atoms with Gasteiger partial charge in [-0.3, -0.25) is 4.79 Å². The van der Waals surface area contributed by atoms with Gasteiger partial charge in [0, 0.05) is 12.0 Å². The van der Waals surface area contributed by atoms with Gasteiger partial charge >= 0.3 is 0 Å². The summed E-state index contributed by atoms with van der Waals surface area (Å²) < 4.78 is 5.53. The first-order chi connectivity index (χ1) is 13.3. The second-order valence-electron chi connectivity index (χ2n) is 7.05. The largest absolute Gasteiger partial charge is 0.493 e. The molecule has 0 fully saturated rings. The predicted molar refractivity (Wildman–Crippen MR) is 114 cm³/mol. The number of amides is 1. The number of benzene rings is 1. The molecule has 0 aliphatic heterocycles. The van der Waals surface area contributed by atoms with Gasteiger partial charge in [-0.25, -0.2) is 5.43 Å². The summed E-state index contributed by atoms with van der Waals surface area (Å²) in [6.45, 7) is 4.81. The average molecular weight is 375 g/mol. The van der Waals surface area contributed by atoms with E-state index in [1.54, 1.807) is 6.21 Å². The summed E-state index contributed by atoms with van der Waals surface area (Å²) in [6.07, 6.45) is 16.3. The first-order valence-corrected chi connectivity index (χ1v) is 10.8. The van der Waals surface area contributed by atoms with Crippen molar-refractivity contribution in [1.82, 2.24) is 5.43 Å². The van der Waals surface area contributed by atoms with E-state index >= 15 is 0 Å². The molecule has 0 aliphatic carbocycles. The summed E-state index contributed by atoms with van der Waals surface area (Å²) in [4.78, 5) is 11.8. The maximum atomic E-state index is 11.8. The molecule has 4 nitrogen and oxygen atoms in total. The van der Waals surface area contributed by atoms with Crippen molar-refractivity contribution in [1.29, 1.82) is 0 Å². The highest BCUT2D eigenvalue weighted by Gasteiger charge is 2.01. The molecule has 0 saturated carbocycles. The molecule has 1 N–H and O–H groups in total. The monoisotopic (exact) mass is 374 g/mol. The second-order valence-corrected chi connectivity index (χ2v) is 7.05. The highest BCUT2D eigenvalue weighted by Crippen LogP contribution is 2.15. The molecule has 0 radical (unpaired) electrons. The Morgan fingerprint density at radius 1 is 0.926 bits per heavy atom. The molecule has 0 atom stereocenters. The lowest BCUT2D eigenvalue weighted by molar-refractivity contribution is -0.121. The molecule has 1 aromatic carbocycles. The Labute approximate surface area is 165 Å². The van der Waals surface area contributed by atoms with Crippen LogP contribution in [-0.4, -0.2) is 18.7 Å². The van der Waals surface area contributed by atoms with Crippen molar-refractivity contribution in [3.05, 3.63) is 29.8 Å². The minimum Gasteiger partial charge on any atom is -0.493 e. The lowest BCUT2D eigenvalue weighted by Crippen LogP contribution is -2.17. The number of rotatable bonds is 16. The Kier molecular flexibility index (Phi) is 14.0. The summed E-state index contributed by atoms with van der Waals surface area (Å²) in [7, 11) is 0. The molecule has 0 bridgehead atoms. The third-order valence-electron chi connectivity index (χ3n) is 4.62. The summed E-state index contributed by atoms with van der Waals surface area (Å²) in [5.74, 6) is 0.763. The van der Waals surface area contributed by atoms with Crippen molar-refractivity contribution in [2.45, 2.75) is 90.9 Å². The van der Waals surface area contributed by atoms with Crippen molar-refractivity contribution in [3.8, 4) is 5.75 Å². The Hall–Kier alpha value is -1.84. The summed E-state index contributed by atoms with van der Waals surface area (Å²) in [6, 6.07) is 7.67. The molecule has 1 amide bonds. The van der Waals surface area contributed by atoms with Gasteiger partial charge in [0.15, 0.2) is 0 Å². The number of hydrogen-bond donors (Lipinski definition) is 1. The summed E-state index contributed by atoms with van der Waals surface area (Å²) in [5, 5.41) is 4.05. The predicted octanol–water partition coefficient (Wildman–Crippen LogP) is 6.24. The molecule has 0 spiro atoms. The Balaban J connectivity index is 2.03. The van der Waals surface area contributed by atoms with Gasteiger partial charge in [0.05, 0.1) is 12.8 Å². The van der Waals surface area contributed by atoms with Crippen LogP contribution < -0.4 is 10.2 Å². The van der Waals surface area contributed by atoms with E-state index in [4.69, 9.17) is 4.74 Å². The first kappa shape index (κ1) is 23.2. The van der Waals surface area contributed by atoms with E-state index in [0.29, 0.717) is 13.0 Å². The lowest BCUT2D eigenvalue weighted by Gasteiger charge is -2.06. The van der Waals surface area contributed by atoms with Gasteiger partial charge < -0.3 is 4.74 Å². The van der Waals surface area contributed by atoms with E-state index in [0.717, 1.165) is 24.2 Å². The van der Waals surface area contributed by atoms with E-state index < -0.39 is 0 Å². The SMILES string of the molecule is CCCCCCCCCCCCCC(=O)N/N=C\c1ccccc1OCC. The van der Waals surface area contributed by atoms with E-state index in [2.05, 4.69) is 17.5 Å². The number of para-hydroxylation sites is 1. The van der Waals surface area contributed by atoms with Gasteiger partial charge in [-0.05, 0) is 25.5 Å². The third-order valence-corrected chi connectivity index (χ3v) is 4.62. The van der Waals surface area contributed by atoms with Gasteiger partial charge in [0.25, 0.3) is 0 Å². The van der Waals surface area contributed by atoms with Gasteiger partial charge in [0.2, 0.25) is 5.91 Å². The van der Waals surface area contributed by atoms with Crippen LogP contribution in [0.25, 0.3) is 0 Å². The van der Waals surface area contributed by atoms with Crippen LogP contribution >= 0.6 is 0 Å². The quantitative estimate of drug-likeness (QED) is 0.212. The minimum absolute atomic E-state index is 0.0175. The molecule has 152 valence electrons. The number of hydrazone groups is 1. The third kappa shape index (κ3) is 12.2. The Morgan fingerprint density at radius 2 is 1.52 bits per heavy atom. The number of nitrogens with zero attached hydrogens (tertiary/aromatic N) is 1. The maximum absolute atomic E-state index is 11.8. The molecule has 4 heteroatoms. The smallest absolute Gasteiger partial charge is 0.240 e. The summed E-state index contributed by atoms with van der Waals surface area (Å²) in [5.41, 5.74) is 3.48. The van der Waals surface area contributed by atoms with Crippen molar-refractivity contribution < 1.29 is 9.53 Å². The molecule has 0 aliphatic rings. The van der Waals surface area contributed by atoms with Crippen molar-refractivity contribution in [2.75, 3.05) is 6.61 Å². The molecule has 0 heterocycles. The fourth-order valence-corrected chi connectivity index (χ4v) is 3.05. The lowest BCUT2D eigenvalue weighted by atomic mass is 10.1. The maximum Gasteiger partial charge on any atom is 0.240 e. The van der Waals surface area contributed by atoms with E-state index in [9.17, 15) is 4.79 Å². The van der Waals surface area contributed by atoms with Crippen molar-refractivity contribution >= 4 is 12.1 Å². The molecular weight excluding hydrogens is 336 g/mol. The molecular formula is C23H38N2O2. The Morgan fingerprint density at radius 3 is 2.15 bits per heavy atom. The number of hydrogen-bond acceptors (Lipinski definition) is 3. The fraction of sp³-hybridized carbons (Fsp3) is 0.652. The zero-order valence-corrected chi connectivity index (χ0v) is 17.3. The molecule has 0 unspecified atom stereocenters. The zero-order valence-electron chi connectivity index (χ0n) is 17.3. The number of carbonyl (C=O) groups excluding carboxylic acids is 1. The van der Waals surface area contributed by atoms with Crippen LogP contribution in [0.4, 0.5) is 0 Å². The van der Waals surface area contributed by atoms with Gasteiger partial charge in [-0.2, -0.15) is 5.10 Å². The normalized spacial score (nSPS) is 11.0. The number of ether oxygens (including phenoxy) is 1. The second kappa shape index (κ2) is 16.3. The standard InChI is InChI=1S/C23H38N2O2/c1-3-5-6-7-8-9-10-11-12-13-14-19-23(26)25-24-20-21-17-15-16-18-22(21)27-4-2/h15-18,20H,3-14,19H2,1-2H3,(H,25,26)/b24-20-. The van der Waals surface area contributed by atoms with Crippen LogP contribution in [0, 0.1) is 0 Å². The molecule has 1 aromatic rings. The van der Waals surface area contributed by atoms with Gasteiger partial charge in [0.1, 0.15) is 5.75 Å². The van der Waals surface area contributed by atoms with Crippen LogP contribution in [0.15, 0.2) is 29.4 Å². The molecule has 0 saturated heterocycles. The zero-order chi connectivity index (χ0) is 19.6. The van der Waals surface area contributed by atoms with E-state index in [1.807, 2.05) is 31.2 Å². The molecule has 1 rings (SSSR count).